The molecule has 0 heterocycles. The molecular weight excluding hydrogens is 326 g/mol. The van der Waals surface area contributed by atoms with E-state index in [0.717, 1.165) is 0 Å². The molecule has 0 saturated carbocycles. The number of nitriles is 1. The molecule has 0 amide bonds. The van der Waals surface area contributed by atoms with Crippen LogP contribution in [0.15, 0.2) is 22.7 Å². The highest BCUT2D eigenvalue weighted by molar-refractivity contribution is 9.10. The molecule has 0 aromatic heterocycles. The van der Waals surface area contributed by atoms with Crippen molar-refractivity contribution in [1.29, 1.82) is 5.26 Å². The number of ether oxygens (including phenoxy) is 1. The quantitative estimate of drug-likeness (QED) is 0.634. The minimum atomic E-state index is -0.908. The van der Waals surface area contributed by atoms with Gasteiger partial charge in [-0.25, -0.2) is 0 Å². The minimum absolute atomic E-state index is 0.0180. The molecule has 0 radical (unpaired) electrons. The van der Waals surface area contributed by atoms with Gasteiger partial charge in [-0.05, 0) is 32.9 Å². The van der Waals surface area contributed by atoms with Crippen LogP contribution in [0.2, 0.25) is 0 Å². The third kappa shape index (κ3) is 4.47. The lowest BCUT2D eigenvalue weighted by molar-refractivity contribution is -0.386. The summed E-state index contributed by atoms with van der Waals surface area (Å²) in [6.07, 6.45) is 0. The second-order valence-corrected chi connectivity index (χ2v) is 5.82. The van der Waals surface area contributed by atoms with Gasteiger partial charge in [0.25, 0.3) is 0 Å². The highest BCUT2D eigenvalue weighted by atomic mass is 79.9. The minimum Gasteiger partial charge on any atom is -0.484 e. The highest BCUT2D eigenvalue weighted by Crippen LogP contribution is 2.30. The van der Waals surface area contributed by atoms with Crippen molar-refractivity contribution in [1.82, 2.24) is 5.32 Å². The van der Waals surface area contributed by atoms with Crippen LogP contribution in [-0.2, 0) is 0 Å². The monoisotopic (exact) mass is 341 g/mol. The van der Waals surface area contributed by atoms with E-state index in [9.17, 15) is 15.4 Å². The van der Waals surface area contributed by atoms with Gasteiger partial charge in [0.1, 0.15) is 12.1 Å². The van der Waals surface area contributed by atoms with Crippen LogP contribution in [0.3, 0.4) is 0 Å². The third-order valence-electron chi connectivity index (χ3n) is 2.49. The maximum Gasteiger partial charge on any atom is 0.312 e. The zero-order valence-electron chi connectivity index (χ0n) is 11.5. The zero-order chi connectivity index (χ0) is 15.3. The second-order valence-electron chi connectivity index (χ2n) is 4.90. The fourth-order valence-corrected chi connectivity index (χ4v) is 2.07. The number of hydrogen-bond donors (Lipinski definition) is 1. The molecule has 1 N–H and O–H groups in total. The summed E-state index contributed by atoms with van der Waals surface area (Å²) < 4.78 is 6.06. The van der Waals surface area contributed by atoms with Crippen molar-refractivity contribution in [2.75, 3.05) is 6.61 Å². The van der Waals surface area contributed by atoms with Crippen LogP contribution in [0.4, 0.5) is 5.69 Å². The van der Waals surface area contributed by atoms with E-state index >= 15 is 0 Å². The molecule has 0 aliphatic rings. The Labute approximate surface area is 126 Å². The van der Waals surface area contributed by atoms with Crippen molar-refractivity contribution in [2.45, 2.75) is 32.4 Å². The van der Waals surface area contributed by atoms with E-state index < -0.39 is 10.5 Å². The van der Waals surface area contributed by atoms with Crippen molar-refractivity contribution in [3.63, 3.8) is 0 Å². The first-order valence-electron chi connectivity index (χ1n) is 6.03. The van der Waals surface area contributed by atoms with Gasteiger partial charge in [0.05, 0.1) is 11.0 Å². The van der Waals surface area contributed by atoms with E-state index in [1.807, 2.05) is 13.8 Å². The van der Waals surface area contributed by atoms with Gasteiger partial charge in [-0.15, -0.1) is 0 Å². The van der Waals surface area contributed by atoms with Gasteiger partial charge >= 0.3 is 5.69 Å². The smallest absolute Gasteiger partial charge is 0.312 e. The molecule has 1 rings (SSSR count). The molecular formula is C13H16BrN3O3. The maximum absolute atomic E-state index is 11.0. The lowest BCUT2D eigenvalue weighted by Crippen LogP contribution is -2.49. The van der Waals surface area contributed by atoms with Gasteiger partial charge in [0.2, 0.25) is 0 Å². The first-order chi connectivity index (χ1) is 9.27. The Kier molecular flexibility index (Phi) is 5.48. The molecule has 1 unspecified atom stereocenters. The first-order valence-corrected chi connectivity index (χ1v) is 6.82. The predicted molar refractivity (Wildman–Crippen MR) is 78.6 cm³/mol. The van der Waals surface area contributed by atoms with E-state index in [4.69, 9.17) is 4.74 Å². The van der Waals surface area contributed by atoms with Crippen LogP contribution in [0.5, 0.6) is 5.75 Å². The number of halogens is 1. The summed E-state index contributed by atoms with van der Waals surface area (Å²) in [5, 5.41) is 23.2. The van der Waals surface area contributed by atoms with E-state index in [0.29, 0.717) is 4.47 Å². The molecule has 0 spiro atoms. The van der Waals surface area contributed by atoms with Crippen molar-refractivity contribution >= 4 is 21.6 Å². The molecule has 0 aliphatic carbocycles. The zero-order valence-corrected chi connectivity index (χ0v) is 13.1. The van der Waals surface area contributed by atoms with Gasteiger partial charge in [-0.2, -0.15) is 5.26 Å². The Morgan fingerprint density at radius 1 is 1.60 bits per heavy atom. The van der Waals surface area contributed by atoms with Gasteiger partial charge in [-0.1, -0.05) is 15.9 Å². The summed E-state index contributed by atoms with van der Waals surface area (Å²) in [6.45, 7) is 5.54. The summed E-state index contributed by atoms with van der Waals surface area (Å²) >= 11 is 3.18. The third-order valence-corrected chi connectivity index (χ3v) is 2.98. The van der Waals surface area contributed by atoms with Gasteiger partial charge < -0.3 is 4.74 Å². The Morgan fingerprint density at radius 2 is 2.25 bits per heavy atom. The Hall–Kier alpha value is -1.65. The van der Waals surface area contributed by atoms with Crippen LogP contribution in [0, 0.1) is 21.4 Å². The van der Waals surface area contributed by atoms with E-state index in [-0.39, 0.29) is 24.1 Å². The molecule has 20 heavy (non-hydrogen) atoms. The number of nitro groups is 1. The second kappa shape index (κ2) is 6.68. The average Bonchev–Trinajstić information content (AvgIpc) is 2.36. The van der Waals surface area contributed by atoms with Crippen LogP contribution in [0.1, 0.15) is 20.8 Å². The summed E-state index contributed by atoms with van der Waals surface area (Å²) in [5.41, 5.74) is -1.04. The molecule has 1 atom stereocenters. The summed E-state index contributed by atoms with van der Waals surface area (Å²) in [7, 11) is 0. The van der Waals surface area contributed by atoms with Crippen LogP contribution >= 0.6 is 15.9 Å². The lowest BCUT2D eigenvalue weighted by Gasteiger charge is -2.25. The van der Waals surface area contributed by atoms with E-state index in [1.165, 1.54) is 12.1 Å². The first kappa shape index (κ1) is 16.4. The molecule has 0 fully saturated rings. The van der Waals surface area contributed by atoms with Crippen molar-refractivity contribution in [2.24, 2.45) is 0 Å². The number of benzene rings is 1. The topological polar surface area (TPSA) is 88.2 Å². The number of nitrogens with one attached hydrogen (secondary N) is 1. The SMILES string of the molecule is CC(C)NC(C)(C#N)COc1ccc(Br)cc1[N+](=O)[O-]. The van der Waals surface area contributed by atoms with Crippen molar-refractivity contribution in [3.05, 3.63) is 32.8 Å². The number of nitrogens with zero attached hydrogens (tertiary/aromatic N) is 2. The summed E-state index contributed by atoms with van der Waals surface area (Å²) in [4.78, 5) is 10.5. The molecule has 7 heteroatoms. The standard InChI is InChI=1S/C13H16BrN3O3/c1-9(2)16-13(3,7-15)8-20-12-5-4-10(14)6-11(12)17(18)19/h4-6,9,16H,8H2,1-3H3. The Bertz CT molecular complexity index is 542. The summed E-state index contributed by atoms with van der Waals surface area (Å²) in [5.74, 6) is 0.144. The molecule has 108 valence electrons. The number of rotatable bonds is 6. The van der Waals surface area contributed by atoms with Gasteiger partial charge in [0, 0.05) is 16.6 Å². The van der Waals surface area contributed by atoms with Crippen molar-refractivity contribution in [3.8, 4) is 11.8 Å². The normalized spacial score (nSPS) is 13.6. The molecule has 0 saturated heterocycles. The Morgan fingerprint density at radius 3 is 2.75 bits per heavy atom. The number of hydrogen-bond acceptors (Lipinski definition) is 5. The predicted octanol–water partition coefficient (Wildman–Crippen LogP) is 3.02. The fourth-order valence-electron chi connectivity index (χ4n) is 1.72. The lowest BCUT2D eigenvalue weighted by atomic mass is 10.1. The summed E-state index contributed by atoms with van der Waals surface area (Å²) in [6, 6.07) is 6.76. The molecule has 0 bridgehead atoms. The molecule has 1 aromatic rings. The van der Waals surface area contributed by atoms with E-state index in [2.05, 4.69) is 27.3 Å². The van der Waals surface area contributed by atoms with Gasteiger partial charge in [-0.3, -0.25) is 15.4 Å². The molecule has 1 aromatic carbocycles. The largest absolute Gasteiger partial charge is 0.484 e. The fraction of sp³-hybridized carbons (Fsp3) is 0.462. The van der Waals surface area contributed by atoms with Gasteiger partial charge in [0.15, 0.2) is 5.75 Å². The van der Waals surface area contributed by atoms with Crippen LogP contribution in [-0.4, -0.2) is 23.1 Å². The Balaban J connectivity index is 2.89. The van der Waals surface area contributed by atoms with E-state index in [1.54, 1.807) is 13.0 Å². The average molecular weight is 342 g/mol. The van der Waals surface area contributed by atoms with Crippen LogP contribution in [0.25, 0.3) is 0 Å². The molecule has 0 aliphatic heterocycles. The maximum atomic E-state index is 11.0. The molecule has 6 nitrogen and oxygen atoms in total. The van der Waals surface area contributed by atoms with Crippen LogP contribution < -0.4 is 10.1 Å². The van der Waals surface area contributed by atoms with Crippen molar-refractivity contribution < 1.29 is 9.66 Å². The number of nitro benzene ring substituents is 1. The highest BCUT2D eigenvalue weighted by Gasteiger charge is 2.27.